The van der Waals surface area contributed by atoms with Gasteiger partial charge in [0, 0.05) is 51.6 Å². The first-order valence-electron chi connectivity index (χ1n) is 22.5. The number of hydrogen-bond donors (Lipinski definition) is 0. The van der Waals surface area contributed by atoms with Crippen molar-refractivity contribution in [1.82, 2.24) is 4.57 Å². The second-order valence-electron chi connectivity index (χ2n) is 17.3. The van der Waals surface area contributed by atoms with Gasteiger partial charge in [-0.1, -0.05) is 164 Å². The van der Waals surface area contributed by atoms with Crippen LogP contribution in [0.3, 0.4) is 0 Å². The molecule has 13 rings (SSSR count). The Morgan fingerprint density at radius 1 is 0.323 bits per heavy atom. The second kappa shape index (κ2) is 14.6. The van der Waals surface area contributed by atoms with E-state index >= 15 is 0 Å². The van der Waals surface area contributed by atoms with Crippen LogP contribution in [0.2, 0.25) is 0 Å². The van der Waals surface area contributed by atoms with Crippen molar-refractivity contribution in [3.63, 3.8) is 0 Å². The van der Waals surface area contributed by atoms with Gasteiger partial charge in [-0.05, 0) is 129 Å². The van der Waals surface area contributed by atoms with Crippen LogP contribution in [0.15, 0.2) is 243 Å². The molecule has 1 atom stereocenters. The number of aryl methyl sites for hydroxylation is 1. The highest BCUT2D eigenvalue weighted by Gasteiger charge is 2.52. The number of aromatic nitrogens is 1. The Hall–Kier alpha value is -8.40. The first kappa shape index (κ1) is 37.2. The molecule has 11 aromatic rings. The summed E-state index contributed by atoms with van der Waals surface area (Å²) in [6.07, 6.45) is 0. The smallest absolute Gasteiger partial charge is 0.0727 e. The number of nitrogens with zero attached hydrogens (tertiary/aromatic N) is 3. The topological polar surface area (TPSA) is 11.4 Å². The van der Waals surface area contributed by atoms with Crippen molar-refractivity contribution in [3.8, 4) is 33.4 Å². The summed E-state index contributed by atoms with van der Waals surface area (Å²) < 4.78 is 2.33. The van der Waals surface area contributed by atoms with Crippen LogP contribution < -0.4 is 9.80 Å². The SMILES string of the molecule is Cn1c2ccccc2c2c(N(c3ccccc3)c3ccc4c(c3)C3(c5ccccc5-4)c4ccccc4-c4cc(-c5ccccc5)c(N(c5ccccc5)c5ccccc5)cc43)cccc21. The summed E-state index contributed by atoms with van der Waals surface area (Å²) in [5, 5.41) is 2.48. The first-order valence-corrected chi connectivity index (χ1v) is 22.5. The molecule has 3 nitrogen and oxygen atoms in total. The summed E-state index contributed by atoms with van der Waals surface area (Å²) in [4.78, 5) is 4.92. The van der Waals surface area contributed by atoms with E-state index in [9.17, 15) is 0 Å². The van der Waals surface area contributed by atoms with E-state index in [2.05, 4.69) is 264 Å². The Labute approximate surface area is 379 Å². The van der Waals surface area contributed by atoms with Gasteiger partial charge in [0.2, 0.25) is 0 Å². The zero-order chi connectivity index (χ0) is 43.1. The normalized spacial score (nSPS) is 14.3. The summed E-state index contributed by atoms with van der Waals surface area (Å²) in [5.41, 5.74) is 21.2. The number of para-hydroxylation sites is 4. The number of benzene rings is 10. The molecule has 0 saturated carbocycles. The lowest BCUT2D eigenvalue weighted by molar-refractivity contribution is 0.793. The number of rotatable bonds is 7. The Kier molecular flexibility index (Phi) is 8.34. The van der Waals surface area contributed by atoms with Gasteiger partial charge in [-0.15, -0.1) is 0 Å². The standard InChI is InChI=1S/C62H43N3/c1-63-57-34-19-16-31-50(57)61-58(63)35-20-36-59(61)65(45-27-12-5-13-28-45)46-37-38-49-47-29-14-17-32-53(47)62(55(49)39-46)54-33-18-15-30-48(54)52-40-51(42-21-6-2-7-22-42)60(41-56(52)62)64(43-23-8-3-9-24-43)44-25-10-4-11-26-44/h2-41H,1H3. The van der Waals surface area contributed by atoms with Gasteiger partial charge in [0.25, 0.3) is 0 Å². The van der Waals surface area contributed by atoms with Crippen LogP contribution in [0, 0.1) is 0 Å². The monoisotopic (exact) mass is 829 g/mol. The minimum absolute atomic E-state index is 0.606. The van der Waals surface area contributed by atoms with E-state index in [0.717, 1.165) is 34.1 Å². The highest BCUT2D eigenvalue weighted by Crippen LogP contribution is 2.65. The maximum absolute atomic E-state index is 2.53. The van der Waals surface area contributed by atoms with E-state index in [4.69, 9.17) is 0 Å². The van der Waals surface area contributed by atoms with Crippen molar-refractivity contribution in [2.24, 2.45) is 7.05 Å². The van der Waals surface area contributed by atoms with Gasteiger partial charge in [0.05, 0.1) is 22.3 Å². The van der Waals surface area contributed by atoms with Crippen molar-refractivity contribution >= 4 is 55.9 Å². The van der Waals surface area contributed by atoms with Gasteiger partial charge < -0.3 is 14.4 Å². The highest BCUT2D eigenvalue weighted by molar-refractivity contribution is 6.16. The van der Waals surface area contributed by atoms with Gasteiger partial charge in [-0.2, -0.15) is 0 Å². The van der Waals surface area contributed by atoms with Crippen molar-refractivity contribution in [1.29, 1.82) is 0 Å². The van der Waals surface area contributed by atoms with Crippen LogP contribution in [0.4, 0.5) is 34.1 Å². The van der Waals surface area contributed by atoms with E-state index in [1.54, 1.807) is 0 Å². The molecule has 0 amide bonds. The lowest BCUT2D eigenvalue weighted by atomic mass is 9.70. The van der Waals surface area contributed by atoms with E-state index in [0.29, 0.717) is 0 Å². The Bertz CT molecular complexity index is 3570. The van der Waals surface area contributed by atoms with E-state index in [1.165, 1.54) is 77.4 Å². The van der Waals surface area contributed by atoms with Gasteiger partial charge in [-0.3, -0.25) is 0 Å². The quantitative estimate of drug-likeness (QED) is 0.159. The predicted octanol–water partition coefficient (Wildman–Crippen LogP) is 16.3. The summed E-state index contributed by atoms with van der Waals surface area (Å²) >= 11 is 0. The molecule has 1 unspecified atom stereocenters. The van der Waals surface area contributed by atoms with Crippen molar-refractivity contribution in [2.45, 2.75) is 5.41 Å². The molecule has 3 heteroatoms. The van der Waals surface area contributed by atoms with Crippen molar-refractivity contribution in [2.75, 3.05) is 9.80 Å². The number of fused-ring (bicyclic) bond motifs is 13. The van der Waals surface area contributed by atoms with Crippen LogP contribution in [0.25, 0.3) is 55.2 Å². The fourth-order valence-electron chi connectivity index (χ4n) is 11.3. The van der Waals surface area contributed by atoms with Crippen LogP contribution >= 0.6 is 0 Å². The zero-order valence-corrected chi connectivity index (χ0v) is 35.9. The lowest BCUT2D eigenvalue weighted by Crippen LogP contribution is -2.26. The maximum Gasteiger partial charge on any atom is 0.0727 e. The lowest BCUT2D eigenvalue weighted by Gasteiger charge is -2.34. The maximum atomic E-state index is 2.53. The summed E-state index contributed by atoms with van der Waals surface area (Å²) in [6.45, 7) is 0. The molecule has 0 N–H and O–H groups in total. The van der Waals surface area contributed by atoms with Crippen molar-refractivity contribution in [3.05, 3.63) is 265 Å². The third kappa shape index (κ3) is 5.42. The summed E-state index contributed by atoms with van der Waals surface area (Å²) in [6, 6.07) is 89.5. The Balaban J connectivity index is 1.13. The molecule has 306 valence electrons. The van der Waals surface area contributed by atoms with Crippen molar-refractivity contribution < 1.29 is 0 Å². The molecule has 0 fully saturated rings. The average molecular weight is 830 g/mol. The molecule has 0 aliphatic heterocycles. The van der Waals surface area contributed by atoms with Gasteiger partial charge in [0.15, 0.2) is 0 Å². The summed E-state index contributed by atoms with van der Waals surface area (Å²) in [5.74, 6) is 0. The molecule has 10 aromatic carbocycles. The van der Waals surface area contributed by atoms with Crippen LogP contribution in [-0.4, -0.2) is 4.57 Å². The fourth-order valence-corrected chi connectivity index (χ4v) is 11.3. The minimum Gasteiger partial charge on any atom is -0.344 e. The van der Waals surface area contributed by atoms with Gasteiger partial charge in [0.1, 0.15) is 0 Å². The number of anilines is 6. The first-order chi connectivity index (χ1) is 32.2. The molecular weight excluding hydrogens is 787 g/mol. The van der Waals surface area contributed by atoms with Gasteiger partial charge in [-0.25, -0.2) is 0 Å². The molecule has 1 aromatic heterocycles. The van der Waals surface area contributed by atoms with E-state index in [1.807, 2.05) is 0 Å². The molecule has 1 heterocycles. The van der Waals surface area contributed by atoms with Crippen LogP contribution in [0.1, 0.15) is 22.3 Å². The Morgan fingerprint density at radius 2 is 0.815 bits per heavy atom. The van der Waals surface area contributed by atoms with Crippen LogP contribution in [0.5, 0.6) is 0 Å². The highest BCUT2D eigenvalue weighted by atomic mass is 15.2. The average Bonchev–Trinajstić information content (AvgIpc) is 3.96. The Morgan fingerprint density at radius 3 is 1.46 bits per heavy atom. The molecule has 0 saturated heterocycles. The molecule has 65 heavy (non-hydrogen) atoms. The fraction of sp³-hybridized carbons (Fsp3) is 0.0323. The third-order valence-corrected chi connectivity index (χ3v) is 14.0. The largest absolute Gasteiger partial charge is 0.344 e. The second-order valence-corrected chi connectivity index (χ2v) is 17.3. The molecule has 2 aliphatic carbocycles. The molecule has 0 bridgehead atoms. The molecule has 2 aliphatic rings. The minimum atomic E-state index is -0.606. The van der Waals surface area contributed by atoms with Gasteiger partial charge >= 0.3 is 0 Å². The summed E-state index contributed by atoms with van der Waals surface area (Å²) in [7, 11) is 2.18. The zero-order valence-electron chi connectivity index (χ0n) is 35.9. The van der Waals surface area contributed by atoms with E-state index in [-0.39, 0.29) is 0 Å². The molecule has 1 spiro atoms. The third-order valence-electron chi connectivity index (χ3n) is 14.0. The predicted molar refractivity (Wildman–Crippen MR) is 272 cm³/mol. The van der Waals surface area contributed by atoms with E-state index < -0.39 is 5.41 Å². The number of hydrogen-bond acceptors (Lipinski definition) is 2. The van der Waals surface area contributed by atoms with Crippen LogP contribution in [-0.2, 0) is 12.5 Å². The molecule has 0 radical (unpaired) electrons. The molecular formula is C62H43N3.